The van der Waals surface area contributed by atoms with Crippen LogP contribution in [0.4, 0.5) is 0 Å². The van der Waals surface area contributed by atoms with Gasteiger partial charge in [0.05, 0.1) is 47.8 Å². The third-order valence-electron chi connectivity index (χ3n) is 13.2. The quantitative estimate of drug-likeness (QED) is 0.122. The number of halogens is 1. The number of ether oxygens (including phenoxy) is 2. The molecule has 3 heterocycles. The molecule has 0 bridgehead atoms. The van der Waals surface area contributed by atoms with Crippen molar-refractivity contribution in [2.45, 2.75) is 102 Å². The number of aryl methyl sites for hydroxylation is 2. The SMILES string of the molecule is Brc1ccccc1.COC(=O)c1ccc2c(C3CCCC3)c(-c3ccccc3)n(C)c2c1.COC(=O)c1ccc2c(C3CCCC3)c(B3OC(C)(C)C(C)(C)O3)n(C)c2c1. The zero-order valence-corrected chi connectivity index (χ0v) is 37.9. The van der Waals surface area contributed by atoms with Gasteiger partial charge in [-0.1, -0.05) is 102 Å². The second kappa shape index (κ2) is 18.1. The van der Waals surface area contributed by atoms with Crippen LogP contribution in [0, 0.1) is 0 Å². The maximum atomic E-state index is 12.1. The highest BCUT2D eigenvalue weighted by molar-refractivity contribution is 9.10. The van der Waals surface area contributed by atoms with Crippen LogP contribution >= 0.6 is 15.9 Å². The largest absolute Gasteiger partial charge is 0.512 e. The Morgan fingerprint density at radius 1 is 0.633 bits per heavy atom. The molecule has 0 radical (unpaired) electrons. The van der Waals surface area contributed by atoms with E-state index in [-0.39, 0.29) is 11.9 Å². The molecule has 3 aliphatic rings. The van der Waals surface area contributed by atoms with Gasteiger partial charge in [-0.05, 0) is 118 Å². The number of aromatic nitrogens is 2. The first-order valence-corrected chi connectivity index (χ1v) is 22.1. The van der Waals surface area contributed by atoms with Gasteiger partial charge in [0.1, 0.15) is 0 Å². The summed E-state index contributed by atoms with van der Waals surface area (Å²) in [6, 6.07) is 32.3. The fourth-order valence-corrected chi connectivity index (χ4v) is 9.62. The van der Waals surface area contributed by atoms with Gasteiger partial charge in [0, 0.05) is 40.4 Å². The van der Waals surface area contributed by atoms with Crippen LogP contribution < -0.4 is 5.59 Å². The van der Waals surface area contributed by atoms with Crippen molar-refractivity contribution >= 4 is 62.4 Å². The first-order chi connectivity index (χ1) is 28.8. The molecule has 10 heteroatoms. The maximum Gasteiger partial charge on any atom is 0.512 e. The second-order valence-corrected chi connectivity index (χ2v) is 18.3. The highest BCUT2D eigenvalue weighted by Gasteiger charge is 2.53. The van der Waals surface area contributed by atoms with Crippen molar-refractivity contribution in [3.8, 4) is 11.3 Å². The summed E-state index contributed by atoms with van der Waals surface area (Å²) in [5.41, 5.74) is 8.88. The topological polar surface area (TPSA) is 80.9 Å². The van der Waals surface area contributed by atoms with Gasteiger partial charge in [0.25, 0.3) is 0 Å². The molecule has 0 atom stereocenters. The van der Waals surface area contributed by atoms with Crippen molar-refractivity contribution in [1.82, 2.24) is 9.13 Å². The van der Waals surface area contributed by atoms with Crippen molar-refractivity contribution in [1.29, 1.82) is 0 Å². The van der Waals surface area contributed by atoms with E-state index in [0.29, 0.717) is 23.0 Å². The van der Waals surface area contributed by atoms with E-state index in [1.165, 1.54) is 98.7 Å². The molecule has 2 saturated carbocycles. The van der Waals surface area contributed by atoms with E-state index < -0.39 is 18.3 Å². The zero-order valence-electron chi connectivity index (χ0n) is 36.3. The average Bonchev–Trinajstić information content (AvgIpc) is 4.10. The molecule has 0 N–H and O–H groups in total. The number of carbonyl (C=O) groups excluding carboxylic acids is 2. The lowest BCUT2D eigenvalue weighted by molar-refractivity contribution is 0.00578. The number of methoxy groups -OCH3 is 2. The summed E-state index contributed by atoms with van der Waals surface area (Å²) in [6.07, 6.45) is 9.98. The van der Waals surface area contributed by atoms with Crippen molar-refractivity contribution in [3.63, 3.8) is 0 Å². The van der Waals surface area contributed by atoms with Gasteiger partial charge in [-0.15, -0.1) is 0 Å². The molecule has 4 aromatic carbocycles. The van der Waals surface area contributed by atoms with Crippen LogP contribution in [0.3, 0.4) is 0 Å². The number of carbonyl (C=O) groups is 2. The summed E-state index contributed by atoms with van der Waals surface area (Å²) in [7, 11) is 6.57. The summed E-state index contributed by atoms with van der Waals surface area (Å²) < 4.78 is 28.2. The van der Waals surface area contributed by atoms with Crippen molar-refractivity contribution in [2.24, 2.45) is 14.1 Å². The van der Waals surface area contributed by atoms with E-state index in [2.05, 4.69) is 102 Å². The van der Waals surface area contributed by atoms with Gasteiger partial charge in [0.2, 0.25) is 0 Å². The van der Waals surface area contributed by atoms with Crippen LogP contribution in [-0.2, 0) is 32.9 Å². The van der Waals surface area contributed by atoms with Crippen molar-refractivity contribution in [2.75, 3.05) is 14.2 Å². The fourth-order valence-electron chi connectivity index (χ4n) is 9.31. The molecule has 3 fully saturated rings. The highest BCUT2D eigenvalue weighted by Crippen LogP contribution is 2.45. The molecule has 0 amide bonds. The van der Waals surface area contributed by atoms with E-state index in [1.807, 2.05) is 61.6 Å². The summed E-state index contributed by atoms with van der Waals surface area (Å²) in [6.45, 7) is 8.33. The van der Waals surface area contributed by atoms with Crippen molar-refractivity contribution < 1.29 is 28.4 Å². The Bertz CT molecular complexity index is 2450. The molecule has 2 aliphatic carbocycles. The molecule has 2 aromatic heterocycles. The number of hydrogen-bond donors (Lipinski definition) is 0. The molecule has 314 valence electrons. The lowest BCUT2D eigenvalue weighted by Crippen LogP contribution is -2.41. The molecule has 0 spiro atoms. The smallest absolute Gasteiger partial charge is 0.465 e. The van der Waals surface area contributed by atoms with Gasteiger partial charge >= 0.3 is 19.1 Å². The monoisotopic (exact) mass is 872 g/mol. The molecular formula is C50H58BBrN2O6. The van der Waals surface area contributed by atoms with Gasteiger partial charge in [-0.2, -0.15) is 0 Å². The van der Waals surface area contributed by atoms with Gasteiger partial charge in [0.15, 0.2) is 0 Å². The number of benzene rings is 4. The first-order valence-electron chi connectivity index (χ1n) is 21.3. The van der Waals surface area contributed by atoms with Crippen LogP contribution in [-0.4, -0.2) is 53.6 Å². The maximum absolute atomic E-state index is 12.1. The summed E-state index contributed by atoms with van der Waals surface area (Å²) in [5, 5.41) is 2.45. The predicted octanol–water partition coefficient (Wildman–Crippen LogP) is 11.7. The van der Waals surface area contributed by atoms with E-state index in [1.54, 1.807) is 0 Å². The lowest BCUT2D eigenvalue weighted by atomic mass is 9.77. The Morgan fingerprint density at radius 3 is 1.52 bits per heavy atom. The third kappa shape index (κ3) is 8.61. The molecule has 9 rings (SSSR count). The zero-order chi connectivity index (χ0) is 42.8. The van der Waals surface area contributed by atoms with E-state index in [9.17, 15) is 9.59 Å². The minimum absolute atomic E-state index is 0.285. The Balaban J connectivity index is 0.000000157. The Morgan fingerprint density at radius 2 is 1.07 bits per heavy atom. The molecular weight excluding hydrogens is 815 g/mol. The average molecular weight is 874 g/mol. The Hall–Kier alpha value is -4.64. The fraction of sp³-hybridized carbons (Fsp3) is 0.400. The minimum atomic E-state index is -0.417. The minimum Gasteiger partial charge on any atom is -0.465 e. The predicted molar refractivity (Wildman–Crippen MR) is 246 cm³/mol. The number of esters is 2. The summed E-state index contributed by atoms with van der Waals surface area (Å²) in [5.74, 6) is 0.499. The van der Waals surface area contributed by atoms with Crippen LogP contribution in [0.5, 0.6) is 0 Å². The molecule has 1 saturated heterocycles. The highest BCUT2D eigenvalue weighted by atomic mass is 79.9. The van der Waals surface area contributed by atoms with Crippen molar-refractivity contribution in [3.05, 3.63) is 124 Å². The normalized spacial score (nSPS) is 17.3. The van der Waals surface area contributed by atoms with Crippen LogP contribution in [0.25, 0.3) is 33.1 Å². The molecule has 8 nitrogen and oxygen atoms in total. The van der Waals surface area contributed by atoms with E-state index in [4.69, 9.17) is 18.8 Å². The second-order valence-electron chi connectivity index (χ2n) is 17.3. The molecule has 0 unspecified atom stereocenters. The number of hydrogen-bond acceptors (Lipinski definition) is 6. The van der Waals surface area contributed by atoms with E-state index >= 15 is 0 Å². The van der Waals surface area contributed by atoms with Gasteiger partial charge < -0.3 is 27.9 Å². The summed E-state index contributed by atoms with van der Waals surface area (Å²) >= 11 is 3.31. The Kier molecular flexibility index (Phi) is 13.1. The number of nitrogens with zero attached hydrogens (tertiary/aromatic N) is 2. The van der Waals surface area contributed by atoms with Crippen LogP contribution in [0.1, 0.15) is 123 Å². The van der Waals surface area contributed by atoms with Crippen LogP contribution in [0.15, 0.2) is 102 Å². The number of fused-ring (bicyclic) bond motifs is 2. The lowest BCUT2D eigenvalue weighted by Gasteiger charge is -2.32. The standard InChI is InChI=1S/C22H30BNO4.C22H23NO2.C6H5Br/c1-21(2)22(3,4)28-23(27-21)19-18(14-9-7-8-10-14)16-12-11-15(20(25)26-6)13-17(16)24(19)5;1-23-19-14-17(22(24)25-2)12-13-18(19)20(15-8-6-7-9-15)21(23)16-10-4-3-5-11-16;7-6-4-2-1-3-5-6/h11-14H,7-10H2,1-6H3;3-5,10-15H,6-9H2,1-2H3;1-5H. The number of rotatable bonds is 6. The van der Waals surface area contributed by atoms with Crippen LogP contribution in [0.2, 0.25) is 0 Å². The van der Waals surface area contributed by atoms with E-state index in [0.717, 1.165) is 21.1 Å². The first kappa shape index (κ1) is 43.5. The third-order valence-corrected chi connectivity index (χ3v) is 13.7. The van der Waals surface area contributed by atoms with Gasteiger partial charge in [-0.3, -0.25) is 0 Å². The molecule has 1 aliphatic heterocycles. The Labute approximate surface area is 363 Å². The molecule has 60 heavy (non-hydrogen) atoms. The van der Waals surface area contributed by atoms with Gasteiger partial charge in [-0.25, -0.2) is 9.59 Å². The molecule has 6 aromatic rings. The summed E-state index contributed by atoms with van der Waals surface area (Å²) in [4.78, 5) is 24.0.